The number of hydrogen-bond donors (Lipinski definition) is 2. The molecule has 0 aromatic heterocycles. The summed E-state index contributed by atoms with van der Waals surface area (Å²) >= 11 is 0. The summed E-state index contributed by atoms with van der Waals surface area (Å²) in [5.74, 6) is -0.297. The molecule has 0 radical (unpaired) electrons. The second-order valence-electron chi connectivity index (χ2n) is 4.36. The molecule has 0 bridgehead atoms. The van der Waals surface area contributed by atoms with Crippen molar-refractivity contribution in [2.24, 2.45) is 0 Å². The Morgan fingerprint density at radius 1 is 0.864 bits per heavy atom. The van der Waals surface area contributed by atoms with E-state index in [-0.39, 0.29) is 12.5 Å². The predicted octanol–water partition coefficient (Wildman–Crippen LogP) is 2.17. The number of ether oxygens (including phenoxy) is 2. The highest BCUT2D eigenvalue weighted by Crippen LogP contribution is 2.15. The number of nitrogens with one attached hydrogen (secondary N) is 1. The van der Waals surface area contributed by atoms with E-state index >= 15 is 0 Å². The molecule has 0 unspecified atom stereocenters. The number of anilines is 1. The minimum Gasteiger partial charge on any atom is -0.484 e. The van der Waals surface area contributed by atoms with E-state index < -0.39 is 12.6 Å². The molecule has 0 aliphatic carbocycles. The molecule has 22 heavy (non-hydrogen) atoms. The van der Waals surface area contributed by atoms with Crippen LogP contribution in [0.3, 0.4) is 0 Å². The highest BCUT2D eigenvalue weighted by Gasteiger charge is 2.04. The van der Waals surface area contributed by atoms with Crippen molar-refractivity contribution in [2.75, 3.05) is 18.5 Å². The Kier molecular flexibility index (Phi) is 5.37. The smallest absolute Gasteiger partial charge is 0.341 e. The molecule has 0 heterocycles. The van der Waals surface area contributed by atoms with Gasteiger partial charge in [-0.15, -0.1) is 0 Å². The number of aliphatic carboxylic acids is 1. The number of carbonyl (C=O) groups is 2. The summed E-state index contributed by atoms with van der Waals surface area (Å²) in [7, 11) is 0. The largest absolute Gasteiger partial charge is 0.484 e. The first kappa shape index (κ1) is 15.4. The van der Waals surface area contributed by atoms with Crippen molar-refractivity contribution in [3.05, 3.63) is 54.6 Å². The van der Waals surface area contributed by atoms with Gasteiger partial charge in [-0.2, -0.15) is 0 Å². The van der Waals surface area contributed by atoms with Gasteiger partial charge in [0.15, 0.2) is 13.2 Å². The van der Waals surface area contributed by atoms with Gasteiger partial charge in [0.25, 0.3) is 5.91 Å². The van der Waals surface area contributed by atoms with E-state index in [4.69, 9.17) is 14.6 Å². The van der Waals surface area contributed by atoms with Crippen LogP contribution in [0.4, 0.5) is 5.69 Å². The van der Waals surface area contributed by atoms with Gasteiger partial charge in [-0.1, -0.05) is 18.2 Å². The van der Waals surface area contributed by atoms with E-state index in [0.717, 1.165) is 0 Å². The molecule has 1 amide bonds. The van der Waals surface area contributed by atoms with Gasteiger partial charge >= 0.3 is 5.97 Å². The van der Waals surface area contributed by atoms with Crippen LogP contribution in [-0.4, -0.2) is 30.2 Å². The van der Waals surface area contributed by atoms with Gasteiger partial charge in [0.05, 0.1) is 0 Å². The number of rotatable bonds is 7. The van der Waals surface area contributed by atoms with Crippen molar-refractivity contribution in [1.82, 2.24) is 0 Å². The van der Waals surface area contributed by atoms with Crippen molar-refractivity contribution in [3.8, 4) is 11.5 Å². The van der Waals surface area contributed by atoms with E-state index in [0.29, 0.717) is 17.2 Å². The van der Waals surface area contributed by atoms with Crippen molar-refractivity contribution >= 4 is 17.6 Å². The highest BCUT2D eigenvalue weighted by atomic mass is 16.5. The Hall–Kier alpha value is -3.02. The summed E-state index contributed by atoms with van der Waals surface area (Å²) < 4.78 is 10.3. The first-order valence-corrected chi connectivity index (χ1v) is 6.56. The molecule has 0 saturated heterocycles. The number of carboxylic acid groups (broad SMARTS) is 1. The Labute approximate surface area is 127 Å². The van der Waals surface area contributed by atoms with E-state index in [9.17, 15) is 9.59 Å². The molecular formula is C16H15NO5. The average Bonchev–Trinajstić information content (AvgIpc) is 2.53. The summed E-state index contributed by atoms with van der Waals surface area (Å²) in [5, 5.41) is 11.2. The molecule has 6 nitrogen and oxygen atoms in total. The van der Waals surface area contributed by atoms with E-state index in [1.807, 2.05) is 18.2 Å². The fraction of sp³-hybridized carbons (Fsp3) is 0.125. The van der Waals surface area contributed by atoms with Crippen LogP contribution in [-0.2, 0) is 9.59 Å². The Bertz CT molecular complexity index is 625. The molecule has 0 atom stereocenters. The van der Waals surface area contributed by atoms with Gasteiger partial charge in [0.2, 0.25) is 0 Å². The van der Waals surface area contributed by atoms with Gasteiger partial charge in [-0.3, -0.25) is 4.79 Å². The van der Waals surface area contributed by atoms with Gasteiger partial charge in [-0.05, 0) is 36.4 Å². The van der Waals surface area contributed by atoms with Crippen LogP contribution in [0, 0.1) is 0 Å². The molecule has 6 heteroatoms. The SMILES string of the molecule is O=C(O)COc1ccc(NC(=O)COc2ccccc2)cc1. The van der Waals surface area contributed by atoms with Crippen LogP contribution in [0.1, 0.15) is 0 Å². The van der Waals surface area contributed by atoms with Crippen molar-refractivity contribution in [2.45, 2.75) is 0 Å². The summed E-state index contributed by atoms with van der Waals surface area (Å²) in [5.41, 5.74) is 0.573. The van der Waals surface area contributed by atoms with Crippen molar-refractivity contribution in [3.63, 3.8) is 0 Å². The zero-order valence-electron chi connectivity index (χ0n) is 11.7. The molecule has 2 rings (SSSR count). The Morgan fingerprint density at radius 2 is 1.45 bits per heavy atom. The molecule has 114 valence electrons. The van der Waals surface area contributed by atoms with Gasteiger partial charge < -0.3 is 19.9 Å². The Morgan fingerprint density at radius 3 is 2.09 bits per heavy atom. The van der Waals surface area contributed by atoms with Crippen LogP contribution in [0.25, 0.3) is 0 Å². The van der Waals surface area contributed by atoms with Crippen LogP contribution in [0.5, 0.6) is 11.5 Å². The topological polar surface area (TPSA) is 84.9 Å². The fourth-order valence-corrected chi connectivity index (χ4v) is 1.64. The van der Waals surface area contributed by atoms with Crippen LogP contribution in [0.2, 0.25) is 0 Å². The molecule has 2 aromatic carbocycles. The lowest BCUT2D eigenvalue weighted by Crippen LogP contribution is -2.20. The van der Waals surface area contributed by atoms with Crippen LogP contribution >= 0.6 is 0 Å². The summed E-state index contributed by atoms with van der Waals surface area (Å²) in [6.45, 7) is -0.502. The van der Waals surface area contributed by atoms with Crippen molar-refractivity contribution in [1.29, 1.82) is 0 Å². The molecular weight excluding hydrogens is 286 g/mol. The maximum Gasteiger partial charge on any atom is 0.341 e. The second-order valence-corrected chi connectivity index (χ2v) is 4.36. The lowest BCUT2D eigenvalue weighted by Gasteiger charge is -2.08. The van der Waals surface area contributed by atoms with E-state index in [1.54, 1.807) is 36.4 Å². The lowest BCUT2D eigenvalue weighted by molar-refractivity contribution is -0.139. The quantitative estimate of drug-likeness (QED) is 0.818. The van der Waals surface area contributed by atoms with Gasteiger partial charge in [0, 0.05) is 5.69 Å². The zero-order chi connectivity index (χ0) is 15.8. The minimum atomic E-state index is -1.05. The monoisotopic (exact) mass is 301 g/mol. The molecule has 2 aromatic rings. The molecule has 0 fully saturated rings. The van der Waals surface area contributed by atoms with Crippen LogP contribution in [0.15, 0.2) is 54.6 Å². The predicted molar refractivity (Wildman–Crippen MR) is 80.1 cm³/mol. The summed E-state index contributed by atoms with van der Waals surface area (Å²) in [6, 6.07) is 15.4. The van der Waals surface area contributed by atoms with Crippen molar-refractivity contribution < 1.29 is 24.2 Å². The zero-order valence-corrected chi connectivity index (χ0v) is 11.7. The maximum atomic E-state index is 11.7. The average molecular weight is 301 g/mol. The van der Waals surface area contributed by atoms with E-state index in [1.165, 1.54) is 0 Å². The standard InChI is InChI=1S/C16H15NO5/c18-15(10-21-13-4-2-1-3-5-13)17-12-6-8-14(9-7-12)22-11-16(19)20/h1-9H,10-11H2,(H,17,18)(H,19,20). The van der Waals surface area contributed by atoms with Gasteiger partial charge in [0.1, 0.15) is 11.5 Å². The summed E-state index contributed by atoms with van der Waals surface area (Å²) in [6.07, 6.45) is 0. The Balaban J connectivity index is 1.80. The van der Waals surface area contributed by atoms with Gasteiger partial charge in [-0.25, -0.2) is 4.79 Å². The first-order chi connectivity index (χ1) is 10.6. The first-order valence-electron chi connectivity index (χ1n) is 6.56. The van der Waals surface area contributed by atoms with E-state index in [2.05, 4.69) is 5.32 Å². The third-order valence-corrected chi connectivity index (χ3v) is 2.61. The number of carboxylic acids is 1. The third-order valence-electron chi connectivity index (χ3n) is 2.61. The number of benzene rings is 2. The molecule has 0 aliphatic heterocycles. The minimum absolute atomic E-state index is 0.0960. The summed E-state index contributed by atoms with van der Waals surface area (Å²) in [4.78, 5) is 22.1. The number of amides is 1. The number of carbonyl (C=O) groups excluding carboxylic acids is 1. The molecule has 0 aliphatic rings. The lowest BCUT2D eigenvalue weighted by atomic mass is 10.3. The fourth-order valence-electron chi connectivity index (χ4n) is 1.64. The number of para-hydroxylation sites is 1. The highest BCUT2D eigenvalue weighted by molar-refractivity contribution is 5.91. The molecule has 0 saturated carbocycles. The maximum absolute atomic E-state index is 11.7. The third kappa shape index (κ3) is 5.16. The van der Waals surface area contributed by atoms with Crippen LogP contribution < -0.4 is 14.8 Å². The molecule has 0 spiro atoms. The number of hydrogen-bond acceptors (Lipinski definition) is 4. The second kappa shape index (κ2) is 7.68. The normalized spacial score (nSPS) is 9.82. The molecule has 2 N–H and O–H groups in total.